The van der Waals surface area contributed by atoms with Crippen molar-refractivity contribution in [1.29, 1.82) is 0 Å². The first-order chi connectivity index (χ1) is 9.40. The first kappa shape index (κ1) is 12.6. The minimum Gasteiger partial charge on any atom is -0.317 e. The Morgan fingerprint density at radius 1 is 1.05 bits per heavy atom. The second-order valence-corrected chi connectivity index (χ2v) is 5.42. The SMILES string of the molecule is CNC(c1cccc2ccccc12)C1CCNCC1. The lowest BCUT2D eigenvalue weighted by atomic mass is 9.84. The summed E-state index contributed by atoms with van der Waals surface area (Å²) in [7, 11) is 2.09. The zero-order chi connectivity index (χ0) is 13.1. The van der Waals surface area contributed by atoms with E-state index in [-0.39, 0.29) is 0 Å². The molecular weight excluding hydrogens is 232 g/mol. The highest BCUT2D eigenvalue weighted by atomic mass is 14.9. The molecule has 2 heteroatoms. The normalized spacial score (nSPS) is 18.6. The molecule has 19 heavy (non-hydrogen) atoms. The van der Waals surface area contributed by atoms with Crippen molar-refractivity contribution >= 4 is 10.8 Å². The van der Waals surface area contributed by atoms with Gasteiger partial charge < -0.3 is 10.6 Å². The quantitative estimate of drug-likeness (QED) is 0.879. The third kappa shape index (κ3) is 2.51. The van der Waals surface area contributed by atoms with Gasteiger partial charge in [-0.05, 0) is 55.2 Å². The van der Waals surface area contributed by atoms with Crippen LogP contribution in [-0.2, 0) is 0 Å². The van der Waals surface area contributed by atoms with Crippen molar-refractivity contribution in [3.63, 3.8) is 0 Å². The second-order valence-electron chi connectivity index (χ2n) is 5.42. The van der Waals surface area contributed by atoms with Gasteiger partial charge in [0.1, 0.15) is 0 Å². The Morgan fingerprint density at radius 2 is 1.79 bits per heavy atom. The number of piperidine rings is 1. The highest BCUT2D eigenvalue weighted by molar-refractivity contribution is 5.86. The summed E-state index contributed by atoms with van der Waals surface area (Å²) in [5, 5.41) is 9.74. The van der Waals surface area contributed by atoms with E-state index in [0.29, 0.717) is 6.04 Å². The molecule has 1 saturated heterocycles. The summed E-state index contributed by atoms with van der Waals surface area (Å²) in [5.74, 6) is 0.733. The van der Waals surface area contributed by atoms with Crippen molar-refractivity contribution in [2.24, 2.45) is 5.92 Å². The topological polar surface area (TPSA) is 24.1 Å². The summed E-state index contributed by atoms with van der Waals surface area (Å²) in [6.07, 6.45) is 2.52. The van der Waals surface area contributed by atoms with E-state index in [1.54, 1.807) is 0 Å². The first-order valence-electron chi connectivity index (χ1n) is 7.26. The molecule has 1 unspecified atom stereocenters. The molecule has 1 heterocycles. The van der Waals surface area contributed by atoms with E-state index in [1.807, 2.05) is 0 Å². The van der Waals surface area contributed by atoms with Crippen molar-refractivity contribution in [2.45, 2.75) is 18.9 Å². The molecule has 0 radical (unpaired) electrons. The molecule has 2 nitrogen and oxygen atoms in total. The number of fused-ring (bicyclic) bond motifs is 1. The van der Waals surface area contributed by atoms with Gasteiger partial charge in [-0.2, -0.15) is 0 Å². The largest absolute Gasteiger partial charge is 0.317 e. The van der Waals surface area contributed by atoms with Gasteiger partial charge in [0.2, 0.25) is 0 Å². The zero-order valence-electron chi connectivity index (χ0n) is 11.5. The molecule has 0 bridgehead atoms. The van der Waals surface area contributed by atoms with Gasteiger partial charge in [0.05, 0.1) is 0 Å². The van der Waals surface area contributed by atoms with Crippen molar-refractivity contribution in [3.05, 3.63) is 48.0 Å². The summed E-state index contributed by atoms with van der Waals surface area (Å²) in [4.78, 5) is 0. The van der Waals surface area contributed by atoms with Crippen LogP contribution in [0.15, 0.2) is 42.5 Å². The average Bonchev–Trinajstić information content (AvgIpc) is 2.49. The molecule has 0 spiro atoms. The van der Waals surface area contributed by atoms with Gasteiger partial charge in [-0.25, -0.2) is 0 Å². The van der Waals surface area contributed by atoms with Crippen LogP contribution in [0.25, 0.3) is 10.8 Å². The summed E-state index contributed by atoms with van der Waals surface area (Å²) in [6.45, 7) is 2.29. The molecule has 0 aliphatic carbocycles. The fraction of sp³-hybridized carbons (Fsp3) is 0.412. The second kappa shape index (κ2) is 5.72. The Labute approximate surface area is 115 Å². The molecule has 1 aliphatic rings. The van der Waals surface area contributed by atoms with Gasteiger partial charge in [-0.3, -0.25) is 0 Å². The smallest absolute Gasteiger partial charge is 0.0353 e. The van der Waals surface area contributed by atoms with Gasteiger partial charge in [-0.15, -0.1) is 0 Å². The Balaban J connectivity index is 2.00. The molecule has 1 atom stereocenters. The van der Waals surface area contributed by atoms with Gasteiger partial charge in [0, 0.05) is 6.04 Å². The number of benzene rings is 2. The minimum absolute atomic E-state index is 0.466. The highest BCUT2D eigenvalue weighted by Gasteiger charge is 2.24. The maximum absolute atomic E-state index is 3.55. The molecule has 1 fully saturated rings. The lowest BCUT2D eigenvalue weighted by molar-refractivity contribution is 0.295. The van der Waals surface area contributed by atoms with E-state index in [1.165, 1.54) is 29.2 Å². The molecule has 3 rings (SSSR count). The van der Waals surface area contributed by atoms with E-state index in [4.69, 9.17) is 0 Å². The Bertz CT molecular complexity index is 538. The van der Waals surface area contributed by atoms with Gasteiger partial charge >= 0.3 is 0 Å². The number of rotatable bonds is 3. The minimum atomic E-state index is 0.466. The van der Waals surface area contributed by atoms with Crippen molar-refractivity contribution in [1.82, 2.24) is 10.6 Å². The molecule has 0 amide bonds. The Morgan fingerprint density at radius 3 is 2.58 bits per heavy atom. The molecule has 100 valence electrons. The van der Waals surface area contributed by atoms with Crippen molar-refractivity contribution < 1.29 is 0 Å². The number of nitrogens with one attached hydrogen (secondary N) is 2. The van der Waals surface area contributed by atoms with Crippen LogP contribution in [0.2, 0.25) is 0 Å². The van der Waals surface area contributed by atoms with E-state index in [2.05, 4.69) is 60.1 Å². The lowest BCUT2D eigenvalue weighted by Gasteiger charge is -2.31. The van der Waals surface area contributed by atoms with Crippen molar-refractivity contribution in [2.75, 3.05) is 20.1 Å². The third-order valence-corrected chi connectivity index (χ3v) is 4.32. The fourth-order valence-corrected chi connectivity index (χ4v) is 3.34. The van der Waals surface area contributed by atoms with Crippen LogP contribution in [0.3, 0.4) is 0 Å². The Hall–Kier alpha value is -1.38. The summed E-state index contributed by atoms with van der Waals surface area (Å²) in [6, 6.07) is 15.8. The predicted octanol–water partition coefficient (Wildman–Crippen LogP) is 3.10. The van der Waals surface area contributed by atoms with Gasteiger partial charge in [0.15, 0.2) is 0 Å². The molecule has 0 aromatic heterocycles. The average molecular weight is 254 g/mol. The van der Waals surface area contributed by atoms with Gasteiger partial charge in [0.25, 0.3) is 0 Å². The maximum atomic E-state index is 3.55. The van der Waals surface area contributed by atoms with Crippen LogP contribution < -0.4 is 10.6 Å². The van der Waals surface area contributed by atoms with Crippen LogP contribution >= 0.6 is 0 Å². The summed E-state index contributed by atoms with van der Waals surface area (Å²) in [5.41, 5.74) is 1.45. The molecule has 2 N–H and O–H groups in total. The van der Waals surface area contributed by atoms with Crippen LogP contribution in [-0.4, -0.2) is 20.1 Å². The third-order valence-electron chi connectivity index (χ3n) is 4.32. The van der Waals surface area contributed by atoms with E-state index < -0.39 is 0 Å². The van der Waals surface area contributed by atoms with E-state index in [9.17, 15) is 0 Å². The number of hydrogen-bond donors (Lipinski definition) is 2. The highest BCUT2D eigenvalue weighted by Crippen LogP contribution is 2.32. The fourth-order valence-electron chi connectivity index (χ4n) is 3.34. The summed E-state index contributed by atoms with van der Waals surface area (Å²) >= 11 is 0. The van der Waals surface area contributed by atoms with Crippen molar-refractivity contribution in [3.8, 4) is 0 Å². The summed E-state index contributed by atoms with van der Waals surface area (Å²) < 4.78 is 0. The first-order valence-corrected chi connectivity index (χ1v) is 7.26. The standard InChI is InChI=1S/C17H22N2/c1-18-17(14-9-11-19-12-10-14)16-8-4-6-13-5-2-3-7-15(13)16/h2-8,14,17-19H,9-12H2,1H3. The molecular formula is C17H22N2. The monoisotopic (exact) mass is 254 g/mol. The van der Waals surface area contributed by atoms with Crippen LogP contribution in [0.5, 0.6) is 0 Å². The molecule has 0 saturated carbocycles. The molecule has 2 aromatic rings. The van der Waals surface area contributed by atoms with Gasteiger partial charge in [-0.1, -0.05) is 42.5 Å². The predicted molar refractivity (Wildman–Crippen MR) is 81.3 cm³/mol. The number of hydrogen-bond acceptors (Lipinski definition) is 2. The van der Waals surface area contributed by atoms with E-state index in [0.717, 1.165) is 19.0 Å². The Kier molecular flexibility index (Phi) is 3.81. The van der Waals surface area contributed by atoms with E-state index >= 15 is 0 Å². The molecule has 1 aliphatic heterocycles. The zero-order valence-corrected chi connectivity index (χ0v) is 11.5. The van der Waals surface area contributed by atoms with Crippen LogP contribution in [0.1, 0.15) is 24.4 Å². The molecule has 2 aromatic carbocycles. The lowest BCUT2D eigenvalue weighted by Crippen LogP contribution is -2.35. The van der Waals surface area contributed by atoms with Crippen LogP contribution in [0.4, 0.5) is 0 Å². The van der Waals surface area contributed by atoms with Crippen LogP contribution in [0, 0.1) is 5.92 Å². The maximum Gasteiger partial charge on any atom is 0.0353 e.